The zero-order valence-electron chi connectivity index (χ0n) is 7.84. The van der Waals surface area contributed by atoms with Crippen molar-refractivity contribution in [2.75, 3.05) is 7.05 Å². The Kier molecular flexibility index (Phi) is 5.88. The molecule has 0 aliphatic rings. The van der Waals surface area contributed by atoms with Crippen LogP contribution in [0, 0.1) is 5.41 Å². The van der Waals surface area contributed by atoms with Crippen molar-refractivity contribution in [2.24, 2.45) is 5.73 Å². The molecule has 5 heteroatoms. The monoisotopic (exact) mass is 187 g/mol. The standard InChI is InChI=1S/C8H17N3O2/c1-11-6(8(12)13)4-2-3-5-7(9)10/h6,11H,2-5H2,1H3,(H3,9,10)(H,12,13). The topological polar surface area (TPSA) is 99.2 Å². The maximum absolute atomic E-state index is 10.5. The second kappa shape index (κ2) is 6.42. The average molecular weight is 187 g/mol. The fourth-order valence-corrected chi connectivity index (χ4v) is 1.06. The highest BCUT2D eigenvalue weighted by Crippen LogP contribution is 2.03. The first-order chi connectivity index (χ1) is 6.07. The van der Waals surface area contributed by atoms with Crippen LogP contribution in [-0.2, 0) is 4.79 Å². The number of hydrogen-bond donors (Lipinski definition) is 4. The molecule has 5 N–H and O–H groups in total. The van der Waals surface area contributed by atoms with E-state index >= 15 is 0 Å². The molecule has 0 aromatic rings. The third-order valence-electron chi connectivity index (χ3n) is 1.84. The summed E-state index contributed by atoms with van der Waals surface area (Å²) in [4.78, 5) is 10.5. The Morgan fingerprint density at radius 1 is 1.62 bits per heavy atom. The SMILES string of the molecule is CNC(CCCCC(=N)N)C(=O)O. The van der Waals surface area contributed by atoms with E-state index in [1.807, 2.05) is 0 Å². The Morgan fingerprint density at radius 2 is 2.23 bits per heavy atom. The molecule has 0 rings (SSSR count). The predicted molar refractivity (Wildman–Crippen MR) is 50.9 cm³/mol. The Hall–Kier alpha value is -1.10. The van der Waals surface area contributed by atoms with E-state index in [2.05, 4.69) is 5.32 Å². The molecule has 0 heterocycles. The highest BCUT2D eigenvalue weighted by atomic mass is 16.4. The van der Waals surface area contributed by atoms with Crippen LogP contribution in [0.15, 0.2) is 0 Å². The van der Waals surface area contributed by atoms with E-state index in [0.29, 0.717) is 12.8 Å². The number of likely N-dealkylation sites (N-methyl/N-ethyl adjacent to an activating group) is 1. The average Bonchev–Trinajstić information content (AvgIpc) is 2.03. The predicted octanol–water partition coefficient (Wildman–Crippen LogP) is 0.155. The van der Waals surface area contributed by atoms with Crippen LogP contribution in [0.2, 0.25) is 0 Å². The van der Waals surface area contributed by atoms with E-state index in [1.54, 1.807) is 7.05 Å². The molecule has 0 aromatic carbocycles. The third-order valence-corrected chi connectivity index (χ3v) is 1.84. The van der Waals surface area contributed by atoms with Crippen molar-refractivity contribution < 1.29 is 9.90 Å². The van der Waals surface area contributed by atoms with Crippen LogP contribution in [0.3, 0.4) is 0 Å². The van der Waals surface area contributed by atoms with Crippen molar-refractivity contribution in [3.63, 3.8) is 0 Å². The van der Waals surface area contributed by atoms with Gasteiger partial charge in [-0.15, -0.1) is 0 Å². The molecule has 0 spiro atoms. The summed E-state index contributed by atoms with van der Waals surface area (Å²) < 4.78 is 0. The minimum atomic E-state index is -0.828. The van der Waals surface area contributed by atoms with Crippen LogP contribution in [0.5, 0.6) is 0 Å². The Labute approximate surface area is 77.8 Å². The first-order valence-corrected chi connectivity index (χ1v) is 4.31. The molecule has 13 heavy (non-hydrogen) atoms. The van der Waals surface area contributed by atoms with Gasteiger partial charge in [-0.25, -0.2) is 0 Å². The van der Waals surface area contributed by atoms with Gasteiger partial charge in [0.05, 0.1) is 5.84 Å². The van der Waals surface area contributed by atoms with Crippen LogP contribution < -0.4 is 11.1 Å². The smallest absolute Gasteiger partial charge is 0.320 e. The minimum Gasteiger partial charge on any atom is -0.480 e. The zero-order chi connectivity index (χ0) is 10.3. The Balaban J connectivity index is 3.50. The van der Waals surface area contributed by atoms with Crippen molar-refractivity contribution in [1.29, 1.82) is 5.41 Å². The molecule has 0 aromatic heterocycles. The van der Waals surface area contributed by atoms with Crippen molar-refractivity contribution in [3.8, 4) is 0 Å². The van der Waals surface area contributed by atoms with E-state index in [1.165, 1.54) is 0 Å². The van der Waals surface area contributed by atoms with Crippen molar-refractivity contribution in [2.45, 2.75) is 31.7 Å². The zero-order valence-corrected chi connectivity index (χ0v) is 7.84. The van der Waals surface area contributed by atoms with Gasteiger partial charge in [0.2, 0.25) is 0 Å². The Morgan fingerprint density at radius 3 is 2.62 bits per heavy atom. The largest absolute Gasteiger partial charge is 0.480 e. The summed E-state index contributed by atoms with van der Waals surface area (Å²) in [7, 11) is 1.63. The number of rotatable bonds is 7. The molecule has 0 radical (unpaired) electrons. The normalized spacial score (nSPS) is 12.4. The number of unbranched alkanes of at least 4 members (excludes halogenated alkanes) is 1. The lowest BCUT2D eigenvalue weighted by molar-refractivity contribution is -0.139. The van der Waals surface area contributed by atoms with Crippen molar-refractivity contribution >= 4 is 11.8 Å². The number of carbonyl (C=O) groups is 1. The lowest BCUT2D eigenvalue weighted by Gasteiger charge is -2.09. The van der Waals surface area contributed by atoms with Gasteiger partial charge in [0.25, 0.3) is 0 Å². The van der Waals surface area contributed by atoms with Gasteiger partial charge >= 0.3 is 5.97 Å². The maximum atomic E-state index is 10.5. The van der Waals surface area contributed by atoms with Crippen LogP contribution in [0.25, 0.3) is 0 Å². The molecule has 1 unspecified atom stereocenters. The summed E-state index contributed by atoms with van der Waals surface area (Å²) in [5, 5.41) is 18.3. The lowest BCUT2D eigenvalue weighted by Crippen LogP contribution is -2.33. The number of nitrogens with two attached hydrogens (primary N) is 1. The number of nitrogens with one attached hydrogen (secondary N) is 2. The van der Waals surface area contributed by atoms with Crippen LogP contribution >= 0.6 is 0 Å². The molecule has 0 bridgehead atoms. The quantitative estimate of drug-likeness (QED) is 0.259. The molecule has 5 nitrogen and oxygen atoms in total. The van der Waals surface area contributed by atoms with E-state index in [-0.39, 0.29) is 5.84 Å². The van der Waals surface area contributed by atoms with Crippen LogP contribution in [0.4, 0.5) is 0 Å². The lowest BCUT2D eigenvalue weighted by atomic mass is 10.1. The van der Waals surface area contributed by atoms with Gasteiger partial charge < -0.3 is 16.2 Å². The molecule has 0 aliphatic carbocycles. The fourth-order valence-electron chi connectivity index (χ4n) is 1.06. The van der Waals surface area contributed by atoms with Gasteiger partial charge in [-0.3, -0.25) is 10.2 Å². The fraction of sp³-hybridized carbons (Fsp3) is 0.750. The summed E-state index contributed by atoms with van der Waals surface area (Å²) in [5.74, 6) is -0.665. The summed E-state index contributed by atoms with van der Waals surface area (Å²) in [6.45, 7) is 0. The van der Waals surface area contributed by atoms with Crippen molar-refractivity contribution in [1.82, 2.24) is 5.32 Å². The Bertz CT molecular complexity index is 182. The van der Waals surface area contributed by atoms with Crippen molar-refractivity contribution in [3.05, 3.63) is 0 Å². The highest BCUT2D eigenvalue weighted by Gasteiger charge is 2.13. The van der Waals surface area contributed by atoms with Gasteiger partial charge in [0.1, 0.15) is 6.04 Å². The number of amidine groups is 1. The molecule has 0 saturated heterocycles. The summed E-state index contributed by atoms with van der Waals surface area (Å²) in [6.07, 6.45) is 2.69. The number of carboxylic acids is 1. The first kappa shape index (κ1) is 11.9. The minimum absolute atomic E-state index is 0.163. The molecular formula is C8H17N3O2. The molecule has 0 amide bonds. The molecule has 0 aliphatic heterocycles. The number of hydrogen-bond acceptors (Lipinski definition) is 3. The van der Waals surface area contributed by atoms with E-state index in [0.717, 1.165) is 12.8 Å². The highest BCUT2D eigenvalue weighted by molar-refractivity contribution is 5.76. The maximum Gasteiger partial charge on any atom is 0.320 e. The van der Waals surface area contributed by atoms with E-state index < -0.39 is 12.0 Å². The van der Waals surface area contributed by atoms with Crippen LogP contribution in [-0.4, -0.2) is 30.0 Å². The van der Waals surface area contributed by atoms with Gasteiger partial charge in [-0.05, 0) is 19.9 Å². The van der Waals surface area contributed by atoms with Crippen LogP contribution in [0.1, 0.15) is 25.7 Å². The number of carboxylic acid groups (broad SMARTS) is 1. The van der Waals surface area contributed by atoms with Gasteiger partial charge in [0.15, 0.2) is 0 Å². The van der Waals surface area contributed by atoms with Gasteiger partial charge in [0, 0.05) is 6.42 Å². The third kappa shape index (κ3) is 6.10. The molecule has 1 atom stereocenters. The van der Waals surface area contributed by atoms with E-state index in [4.69, 9.17) is 16.2 Å². The summed E-state index contributed by atoms with van der Waals surface area (Å²) in [5.41, 5.74) is 5.15. The second-order valence-corrected chi connectivity index (χ2v) is 2.95. The molecule has 76 valence electrons. The molecular weight excluding hydrogens is 170 g/mol. The summed E-state index contributed by atoms with van der Waals surface area (Å²) in [6, 6.07) is -0.480. The first-order valence-electron chi connectivity index (χ1n) is 4.31. The second-order valence-electron chi connectivity index (χ2n) is 2.95. The van der Waals surface area contributed by atoms with Gasteiger partial charge in [-0.2, -0.15) is 0 Å². The summed E-state index contributed by atoms with van der Waals surface area (Å²) >= 11 is 0. The molecule has 0 fully saturated rings. The number of aliphatic carboxylic acids is 1. The van der Waals surface area contributed by atoms with Gasteiger partial charge in [-0.1, -0.05) is 6.42 Å². The van der Waals surface area contributed by atoms with E-state index in [9.17, 15) is 4.79 Å². The molecule has 0 saturated carbocycles.